The zero-order chi connectivity index (χ0) is 44.8. The molecular formula is C55H47GeIrN3O-2. The maximum atomic E-state index is 8.49. The first-order valence-corrected chi connectivity index (χ1v) is 27.6. The van der Waals surface area contributed by atoms with Crippen molar-refractivity contribution in [1.82, 2.24) is 14.5 Å². The Labute approximate surface area is 380 Å². The molecule has 0 aliphatic carbocycles. The van der Waals surface area contributed by atoms with Crippen LogP contribution in [0.3, 0.4) is 0 Å². The Kier molecular flexibility index (Phi) is 10.7. The molecule has 61 heavy (non-hydrogen) atoms. The molecule has 0 aliphatic rings. The number of nitrogens with zero attached hydrogens (tertiary/aromatic N) is 3. The third-order valence-corrected chi connectivity index (χ3v) is 15.1. The van der Waals surface area contributed by atoms with Crippen LogP contribution in [-0.4, -0.2) is 27.8 Å². The van der Waals surface area contributed by atoms with Crippen LogP contribution < -0.4 is 4.40 Å². The van der Waals surface area contributed by atoms with Crippen molar-refractivity contribution in [2.24, 2.45) is 0 Å². The van der Waals surface area contributed by atoms with E-state index in [1.54, 1.807) is 12.1 Å². The first-order valence-electron chi connectivity index (χ1n) is 22.2. The molecule has 0 fully saturated rings. The van der Waals surface area contributed by atoms with E-state index in [0.717, 1.165) is 89.1 Å². The largest absolute Gasteiger partial charge is 0.501 e. The fourth-order valence-corrected chi connectivity index (χ4v) is 11.3. The van der Waals surface area contributed by atoms with Crippen LogP contribution in [0, 0.1) is 19.0 Å². The molecule has 7 aromatic carbocycles. The molecule has 4 nitrogen and oxygen atoms in total. The van der Waals surface area contributed by atoms with Gasteiger partial charge in [-0.1, -0.05) is 120 Å². The number of furan rings is 1. The van der Waals surface area contributed by atoms with Crippen LogP contribution in [0.2, 0.25) is 17.3 Å². The van der Waals surface area contributed by atoms with Gasteiger partial charge in [0.05, 0.1) is 28.1 Å². The molecule has 10 rings (SSSR count). The maximum absolute atomic E-state index is 8.49. The summed E-state index contributed by atoms with van der Waals surface area (Å²) in [5.41, 5.74) is 12.8. The predicted molar refractivity (Wildman–Crippen MR) is 254 cm³/mol. The van der Waals surface area contributed by atoms with E-state index in [4.69, 9.17) is 14.9 Å². The maximum Gasteiger partial charge on any atom is 0.120 e. The van der Waals surface area contributed by atoms with Gasteiger partial charge in [0.25, 0.3) is 0 Å². The minimum absolute atomic E-state index is 0. The number of pyridine rings is 1. The fraction of sp³-hybridized carbons (Fsp3) is 0.127. The summed E-state index contributed by atoms with van der Waals surface area (Å²) in [5, 5.41) is 2.15. The first kappa shape index (κ1) is 37.0. The molecule has 10 aromatic rings. The second kappa shape index (κ2) is 17.6. The smallest absolute Gasteiger partial charge is 0.120 e. The van der Waals surface area contributed by atoms with Crippen molar-refractivity contribution in [1.29, 1.82) is 0 Å². The van der Waals surface area contributed by atoms with Crippen LogP contribution in [0.25, 0.3) is 83.6 Å². The van der Waals surface area contributed by atoms with E-state index in [0.29, 0.717) is 0 Å². The number of aryl methyl sites for hydroxylation is 1. The van der Waals surface area contributed by atoms with Crippen molar-refractivity contribution in [3.8, 4) is 50.6 Å². The number of fused-ring (bicyclic) bond motifs is 4. The van der Waals surface area contributed by atoms with E-state index in [1.807, 2.05) is 56.4 Å². The summed E-state index contributed by atoms with van der Waals surface area (Å²) in [5.74, 6) is 6.98. The monoisotopic (exact) mass is 1040 g/mol. The van der Waals surface area contributed by atoms with Gasteiger partial charge >= 0.3 is 131 Å². The van der Waals surface area contributed by atoms with Gasteiger partial charge in [-0.2, -0.15) is 0 Å². The van der Waals surface area contributed by atoms with Crippen molar-refractivity contribution in [2.75, 3.05) is 0 Å². The van der Waals surface area contributed by atoms with E-state index in [2.05, 4.69) is 148 Å². The van der Waals surface area contributed by atoms with Crippen LogP contribution in [0.15, 0.2) is 174 Å². The molecule has 0 aliphatic heterocycles. The van der Waals surface area contributed by atoms with Crippen molar-refractivity contribution < 1.29 is 30.0 Å². The van der Waals surface area contributed by atoms with Crippen molar-refractivity contribution in [3.05, 3.63) is 193 Å². The molecule has 0 N–H and O–H groups in total. The second-order valence-electron chi connectivity index (χ2n) is 16.2. The molecule has 0 atom stereocenters. The Bertz CT molecular complexity index is 3220. The Hall–Kier alpha value is -5.85. The Morgan fingerprint density at radius 1 is 0.721 bits per heavy atom. The Balaban J connectivity index is 0.000000199. The standard InChI is InChI=1S/C37H23N2O.C18H24GeN.Ir/c1-3-13-25(14-4-1)27-18-11-19-28(26-15-5-2-6-16-26)35(27)39-33-23-9-8-22-32(33)38-37(39)31-21-12-20-30-29-17-7-10-24-34(29)40-36(30)31;1-13(2)16-11-18(15-9-7-14(3)8-10-15)20-12-17(16)19(4,5)6;/h1-20,22-24H;7-9,11-13H,1-6H3;/q2*-1;/i;3D3,13D;. The Morgan fingerprint density at radius 3 is 2.05 bits per heavy atom. The number of para-hydroxylation sites is 4. The summed E-state index contributed by atoms with van der Waals surface area (Å²) in [4.78, 5) is 9.79. The molecule has 0 saturated carbocycles. The van der Waals surface area contributed by atoms with Gasteiger partial charge in [0.2, 0.25) is 0 Å². The summed E-state index contributed by atoms with van der Waals surface area (Å²) in [6, 6.07) is 61.5. The van der Waals surface area contributed by atoms with E-state index < -0.39 is 26.0 Å². The van der Waals surface area contributed by atoms with Gasteiger partial charge in [0.1, 0.15) is 5.58 Å². The van der Waals surface area contributed by atoms with Crippen LogP contribution >= 0.6 is 0 Å². The average Bonchev–Trinajstić information content (AvgIpc) is 3.87. The normalized spacial score (nSPS) is 12.8. The molecule has 0 spiro atoms. The Morgan fingerprint density at radius 2 is 1.39 bits per heavy atom. The molecule has 0 unspecified atom stereocenters. The van der Waals surface area contributed by atoms with Crippen molar-refractivity contribution in [2.45, 2.75) is 43.9 Å². The second-order valence-corrected chi connectivity index (χ2v) is 26.8. The van der Waals surface area contributed by atoms with Gasteiger partial charge in [0, 0.05) is 36.6 Å². The number of hydrogen-bond acceptors (Lipinski definition) is 3. The van der Waals surface area contributed by atoms with Gasteiger partial charge < -0.3 is 8.98 Å². The van der Waals surface area contributed by atoms with Gasteiger partial charge in [0.15, 0.2) is 0 Å². The summed E-state index contributed by atoms with van der Waals surface area (Å²) >= 11 is -2.14. The van der Waals surface area contributed by atoms with Gasteiger partial charge in [-0.25, -0.2) is 0 Å². The third-order valence-electron chi connectivity index (χ3n) is 10.9. The first-order chi connectivity index (χ1) is 30.7. The number of aromatic nitrogens is 3. The van der Waals surface area contributed by atoms with Crippen LogP contribution in [0.1, 0.15) is 36.4 Å². The van der Waals surface area contributed by atoms with Crippen molar-refractivity contribution >= 4 is 50.6 Å². The molecule has 3 heterocycles. The molecular weight excluding hydrogens is 983 g/mol. The van der Waals surface area contributed by atoms with Gasteiger partial charge in [-0.15, -0.1) is 18.2 Å². The van der Waals surface area contributed by atoms with Crippen molar-refractivity contribution in [3.63, 3.8) is 0 Å². The molecule has 1 radical (unpaired) electrons. The number of rotatable bonds is 7. The zero-order valence-corrected chi connectivity index (χ0v) is 39.2. The minimum Gasteiger partial charge on any atom is -0.501 e. The average molecular weight is 1030 g/mol. The van der Waals surface area contributed by atoms with Crippen LogP contribution in [0.5, 0.6) is 0 Å². The quantitative estimate of drug-likeness (QED) is 0.118. The molecule has 0 amide bonds. The number of benzene rings is 7. The summed E-state index contributed by atoms with van der Waals surface area (Å²) < 4.78 is 40.8. The number of hydrogen-bond donors (Lipinski definition) is 0. The molecule has 303 valence electrons. The zero-order valence-electron chi connectivity index (χ0n) is 38.7. The summed E-state index contributed by atoms with van der Waals surface area (Å²) in [7, 11) is 0. The third kappa shape index (κ3) is 8.31. The van der Waals surface area contributed by atoms with Gasteiger partial charge in [-0.3, -0.25) is 4.98 Å². The van der Waals surface area contributed by atoms with E-state index >= 15 is 0 Å². The molecule has 6 heteroatoms. The van der Waals surface area contributed by atoms with Crippen LogP contribution in [0.4, 0.5) is 0 Å². The minimum atomic E-state index is -2.14. The van der Waals surface area contributed by atoms with Gasteiger partial charge in [-0.05, 0) is 29.3 Å². The van der Waals surface area contributed by atoms with E-state index in [9.17, 15) is 0 Å². The van der Waals surface area contributed by atoms with Crippen LogP contribution in [-0.2, 0) is 20.1 Å². The summed E-state index contributed by atoms with van der Waals surface area (Å²) in [6.45, 7) is 1.66. The summed E-state index contributed by atoms with van der Waals surface area (Å²) in [6.07, 6.45) is 1.91. The molecule has 0 saturated heterocycles. The SMILES string of the molecule is [2H]C([2H])([2H])c1c[c-]c(-c2cc(C([2H])(C)C)[c]([Ge]([CH3])([CH3])[CH3])cn2)cc1.[Ir].[c-]1ccc2c(oc3ccccc32)c1-c1nc2ccccc2n1-c1c(-c2ccccc2)cccc1-c1ccccc1. The molecule has 3 aromatic heterocycles. The molecule has 0 bridgehead atoms. The van der Waals surface area contributed by atoms with E-state index in [1.165, 1.54) is 10.5 Å². The predicted octanol–water partition coefficient (Wildman–Crippen LogP) is 14.2. The van der Waals surface area contributed by atoms with E-state index in [-0.39, 0.29) is 25.7 Å². The number of imidazole rings is 1. The fourth-order valence-electron chi connectivity index (χ4n) is 7.96. The topological polar surface area (TPSA) is 43.9 Å².